The smallest absolute Gasteiger partial charge is 0.238 e. The van der Waals surface area contributed by atoms with Gasteiger partial charge in [-0.25, -0.2) is 13.6 Å². The number of nitrogens with one attached hydrogen (secondary N) is 1. The number of hydrogen-bond acceptors (Lipinski definition) is 3. The van der Waals surface area contributed by atoms with Crippen molar-refractivity contribution in [3.63, 3.8) is 0 Å². The van der Waals surface area contributed by atoms with Crippen LogP contribution in [0.25, 0.3) is 0 Å². The van der Waals surface area contributed by atoms with Crippen molar-refractivity contribution in [1.82, 2.24) is 0 Å². The second-order valence-electron chi connectivity index (χ2n) is 4.91. The molecule has 2 rings (SSSR count). The van der Waals surface area contributed by atoms with Gasteiger partial charge >= 0.3 is 0 Å². The van der Waals surface area contributed by atoms with Gasteiger partial charge in [-0.05, 0) is 43.2 Å². The molecule has 0 radical (unpaired) electrons. The minimum absolute atomic E-state index is 0.0246. The van der Waals surface area contributed by atoms with E-state index in [-0.39, 0.29) is 10.9 Å². The lowest BCUT2D eigenvalue weighted by Crippen LogP contribution is -2.14. The van der Waals surface area contributed by atoms with Crippen molar-refractivity contribution in [3.8, 4) is 0 Å². The molecule has 3 N–H and O–H groups in total. The van der Waals surface area contributed by atoms with Gasteiger partial charge in [0.05, 0.1) is 4.90 Å². The Morgan fingerprint density at radius 1 is 1.19 bits per heavy atom. The highest BCUT2D eigenvalue weighted by atomic mass is 79.9. The van der Waals surface area contributed by atoms with Crippen LogP contribution in [-0.2, 0) is 10.0 Å². The number of anilines is 1. The summed E-state index contributed by atoms with van der Waals surface area (Å²) < 4.78 is 24.1. The zero-order valence-electron chi connectivity index (χ0n) is 11.8. The fourth-order valence-electron chi connectivity index (χ4n) is 2.15. The number of primary sulfonamides is 1. The van der Waals surface area contributed by atoms with Gasteiger partial charge in [0.1, 0.15) is 0 Å². The Morgan fingerprint density at radius 2 is 1.86 bits per heavy atom. The number of hydrogen-bond donors (Lipinski definition) is 2. The molecule has 1 unspecified atom stereocenters. The first-order chi connectivity index (χ1) is 9.79. The van der Waals surface area contributed by atoms with E-state index in [4.69, 9.17) is 5.14 Å². The molecule has 0 heterocycles. The maximum Gasteiger partial charge on any atom is 0.238 e. The Kier molecular flexibility index (Phi) is 4.70. The van der Waals surface area contributed by atoms with E-state index in [2.05, 4.69) is 21.2 Å². The van der Waals surface area contributed by atoms with Crippen LogP contribution in [0.15, 0.2) is 51.8 Å². The third-order valence-electron chi connectivity index (χ3n) is 3.25. The van der Waals surface area contributed by atoms with Crippen LogP contribution in [0.5, 0.6) is 0 Å². The summed E-state index contributed by atoms with van der Waals surface area (Å²) in [4.78, 5) is 0.145. The third-order valence-corrected chi connectivity index (χ3v) is 5.02. The molecular weight excluding hydrogens is 352 g/mol. The Bertz CT molecular complexity index is 760. The number of halogens is 1. The molecule has 0 aliphatic rings. The molecule has 0 amide bonds. The number of aryl methyl sites for hydroxylation is 1. The minimum atomic E-state index is -3.71. The Balaban J connectivity index is 2.31. The van der Waals surface area contributed by atoms with Crippen LogP contribution in [0.3, 0.4) is 0 Å². The van der Waals surface area contributed by atoms with E-state index in [1.165, 1.54) is 0 Å². The molecule has 0 saturated carbocycles. The molecule has 1 atom stereocenters. The highest BCUT2D eigenvalue weighted by molar-refractivity contribution is 9.10. The van der Waals surface area contributed by atoms with Gasteiger partial charge in [0.15, 0.2) is 0 Å². The topological polar surface area (TPSA) is 72.2 Å². The van der Waals surface area contributed by atoms with Crippen molar-refractivity contribution in [2.24, 2.45) is 5.14 Å². The molecule has 0 bridgehead atoms. The second kappa shape index (κ2) is 6.17. The average molecular weight is 369 g/mol. The third kappa shape index (κ3) is 3.84. The van der Waals surface area contributed by atoms with Gasteiger partial charge in [0.2, 0.25) is 10.0 Å². The molecule has 21 heavy (non-hydrogen) atoms. The second-order valence-corrected chi connectivity index (χ2v) is 7.30. The van der Waals surface area contributed by atoms with Gasteiger partial charge in [-0.2, -0.15) is 0 Å². The molecule has 0 fully saturated rings. The van der Waals surface area contributed by atoms with E-state index in [1.54, 1.807) is 19.1 Å². The summed E-state index contributed by atoms with van der Waals surface area (Å²) in [6, 6.07) is 13.1. The summed E-state index contributed by atoms with van der Waals surface area (Å²) in [5.74, 6) is 0. The van der Waals surface area contributed by atoms with Crippen molar-refractivity contribution in [2.45, 2.75) is 24.8 Å². The largest absolute Gasteiger partial charge is 0.378 e. The SMILES string of the molecule is Cc1ccc(NC(C)c2ccccc2Br)cc1S(N)(=O)=O. The van der Waals surface area contributed by atoms with Crippen LogP contribution in [0, 0.1) is 6.92 Å². The van der Waals surface area contributed by atoms with Gasteiger partial charge in [-0.1, -0.05) is 40.2 Å². The summed E-state index contributed by atoms with van der Waals surface area (Å²) in [5.41, 5.74) is 2.44. The van der Waals surface area contributed by atoms with Gasteiger partial charge in [-0.15, -0.1) is 0 Å². The van der Waals surface area contributed by atoms with E-state index in [0.29, 0.717) is 11.3 Å². The summed E-state index contributed by atoms with van der Waals surface area (Å²) >= 11 is 3.51. The maximum absolute atomic E-state index is 11.6. The Hall–Kier alpha value is -1.37. The Labute approximate surface area is 133 Å². The van der Waals surface area contributed by atoms with Crippen molar-refractivity contribution >= 4 is 31.6 Å². The van der Waals surface area contributed by atoms with E-state index < -0.39 is 10.0 Å². The van der Waals surface area contributed by atoms with Gasteiger partial charge in [-0.3, -0.25) is 0 Å². The number of rotatable bonds is 4. The van der Waals surface area contributed by atoms with Crippen LogP contribution < -0.4 is 10.5 Å². The van der Waals surface area contributed by atoms with Gasteiger partial charge < -0.3 is 5.32 Å². The molecule has 112 valence electrons. The van der Waals surface area contributed by atoms with Crippen LogP contribution in [0.2, 0.25) is 0 Å². The van der Waals surface area contributed by atoms with Crippen molar-refractivity contribution in [2.75, 3.05) is 5.32 Å². The van der Waals surface area contributed by atoms with Crippen molar-refractivity contribution in [3.05, 3.63) is 58.1 Å². The Morgan fingerprint density at radius 3 is 2.48 bits per heavy atom. The molecule has 2 aromatic carbocycles. The van der Waals surface area contributed by atoms with Crippen LogP contribution in [0.1, 0.15) is 24.1 Å². The van der Waals surface area contributed by atoms with Crippen LogP contribution in [-0.4, -0.2) is 8.42 Å². The molecule has 6 heteroatoms. The first-order valence-electron chi connectivity index (χ1n) is 6.43. The predicted molar refractivity (Wildman–Crippen MR) is 88.7 cm³/mol. The van der Waals surface area contributed by atoms with Gasteiger partial charge in [0, 0.05) is 16.2 Å². The van der Waals surface area contributed by atoms with Crippen LogP contribution in [0.4, 0.5) is 5.69 Å². The molecule has 0 aliphatic carbocycles. The van der Waals surface area contributed by atoms with E-state index in [0.717, 1.165) is 10.0 Å². The lowest BCUT2D eigenvalue weighted by atomic mass is 10.1. The molecule has 0 saturated heterocycles. The predicted octanol–water partition coefficient (Wildman–Crippen LogP) is 3.58. The number of benzene rings is 2. The summed E-state index contributed by atoms with van der Waals surface area (Å²) in [5, 5.41) is 8.52. The normalized spacial score (nSPS) is 13.0. The minimum Gasteiger partial charge on any atom is -0.378 e. The fraction of sp³-hybridized carbons (Fsp3) is 0.200. The lowest BCUT2D eigenvalue weighted by Gasteiger charge is -2.18. The summed E-state index contributed by atoms with van der Waals surface area (Å²) in [7, 11) is -3.71. The summed E-state index contributed by atoms with van der Waals surface area (Å²) in [6.45, 7) is 3.73. The van der Waals surface area contributed by atoms with E-state index in [1.807, 2.05) is 37.3 Å². The van der Waals surface area contributed by atoms with E-state index >= 15 is 0 Å². The maximum atomic E-state index is 11.6. The van der Waals surface area contributed by atoms with Gasteiger partial charge in [0.25, 0.3) is 0 Å². The average Bonchev–Trinajstić information content (AvgIpc) is 2.40. The zero-order valence-corrected chi connectivity index (χ0v) is 14.2. The standard InChI is InChI=1S/C15H17BrN2O2S/c1-10-7-8-12(9-15(10)21(17,19)20)18-11(2)13-5-3-4-6-14(13)16/h3-9,11,18H,1-2H3,(H2,17,19,20). The molecule has 0 spiro atoms. The first-order valence-corrected chi connectivity index (χ1v) is 8.77. The molecule has 0 aliphatic heterocycles. The number of sulfonamides is 1. The molecular formula is C15H17BrN2O2S. The quantitative estimate of drug-likeness (QED) is 0.865. The lowest BCUT2D eigenvalue weighted by molar-refractivity contribution is 0.597. The molecule has 4 nitrogen and oxygen atoms in total. The van der Waals surface area contributed by atoms with Crippen molar-refractivity contribution in [1.29, 1.82) is 0 Å². The first kappa shape index (κ1) is 16.0. The van der Waals surface area contributed by atoms with Crippen molar-refractivity contribution < 1.29 is 8.42 Å². The monoisotopic (exact) mass is 368 g/mol. The summed E-state index contributed by atoms with van der Waals surface area (Å²) in [6.07, 6.45) is 0. The highest BCUT2D eigenvalue weighted by Gasteiger charge is 2.14. The van der Waals surface area contributed by atoms with E-state index in [9.17, 15) is 8.42 Å². The molecule has 2 aromatic rings. The fourth-order valence-corrected chi connectivity index (χ4v) is 3.59. The molecule has 0 aromatic heterocycles. The van der Waals surface area contributed by atoms with Crippen LogP contribution >= 0.6 is 15.9 Å². The number of nitrogens with two attached hydrogens (primary N) is 1. The highest BCUT2D eigenvalue weighted by Crippen LogP contribution is 2.27. The zero-order chi connectivity index (χ0) is 15.6.